The molecule has 1 aromatic carbocycles. The minimum absolute atomic E-state index is 0.113. The molecule has 0 N–H and O–H groups in total. The van der Waals surface area contributed by atoms with Gasteiger partial charge in [0.2, 0.25) is 0 Å². The van der Waals surface area contributed by atoms with Crippen molar-refractivity contribution < 1.29 is 4.92 Å². The van der Waals surface area contributed by atoms with Gasteiger partial charge in [0.05, 0.1) is 10.8 Å². The molecule has 1 saturated carbocycles. The molecule has 0 radical (unpaired) electrons. The zero-order valence-corrected chi connectivity index (χ0v) is 11.9. The second kappa shape index (κ2) is 6.24. The monoisotopic (exact) mass is 282 g/mol. The highest BCUT2D eigenvalue weighted by molar-refractivity contribution is 6.17. The van der Waals surface area contributed by atoms with E-state index in [1.54, 1.807) is 6.07 Å². The van der Waals surface area contributed by atoms with Gasteiger partial charge in [-0.2, -0.15) is 0 Å². The van der Waals surface area contributed by atoms with Crippen LogP contribution in [0.2, 0.25) is 0 Å². The van der Waals surface area contributed by atoms with E-state index in [1.807, 2.05) is 12.1 Å². The van der Waals surface area contributed by atoms with Gasteiger partial charge in [-0.3, -0.25) is 10.1 Å². The van der Waals surface area contributed by atoms with E-state index in [0.29, 0.717) is 5.56 Å². The van der Waals surface area contributed by atoms with Crippen molar-refractivity contribution in [3.05, 3.63) is 33.9 Å². The normalized spacial score (nSPS) is 14.4. The van der Waals surface area contributed by atoms with Gasteiger partial charge in [-0.25, -0.2) is 0 Å². The minimum atomic E-state index is -0.369. The first kappa shape index (κ1) is 14.1. The van der Waals surface area contributed by atoms with Gasteiger partial charge in [0, 0.05) is 30.4 Å². The standard InChI is InChI=1S/C14H19ClN2O2/c1-2-7-16(10-11-3-4-11)13-5-6-14(17(18)19)12(8-13)9-15/h5-6,8,11H,2-4,7,9-10H2,1H3. The molecule has 0 aromatic heterocycles. The van der Waals surface area contributed by atoms with Gasteiger partial charge < -0.3 is 4.90 Å². The number of halogens is 1. The molecule has 0 heterocycles. The van der Waals surface area contributed by atoms with Crippen LogP contribution in [0.3, 0.4) is 0 Å². The maximum absolute atomic E-state index is 10.9. The van der Waals surface area contributed by atoms with Crippen molar-refractivity contribution >= 4 is 23.0 Å². The molecule has 1 fully saturated rings. The molecule has 0 spiro atoms. The van der Waals surface area contributed by atoms with Crippen LogP contribution in [0.25, 0.3) is 0 Å². The summed E-state index contributed by atoms with van der Waals surface area (Å²) >= 11 is 5.82. The van der Waals surface area contributed by atoms with E-state index in [0.717, 1.165) is 31.1 Å². The van der Waals surface area contributed by atoms with Crippen LogP contribution in [0.1, 0.15) is 31.7 Å². The Balaban J connectivity index is 2.23. The largest absolute Gasteiger partial charge is 0.371 e. The molecule has 4 nitrogen and oxygen atoms in total. The highest BCUT2D eigenvalue weighted by Gasteiger charge is 2.25. The molecule has 0 aliphatic heterocycles. The molecular weight excluding hydrogens is 264 g/mol. The molecule has 19 heavy (non-hydrogen) atoms. The summed E-state index contributed by atoms with van der Waals surface area (Å²) in [4.78, 5) is 12.9. The van der Waals surface area contributed by atoms with E-state index in [4.69, 9.17) is 11.6 Å². The van der Waals surface area contributed by atoms with Crippen molar-refractivity contribution in [1.82, 2.24) is 0 Å². The quantitative estimate of drug-likeness (QED) is 0.432. The highest BCUT2D eigenvalue weighted by atomic mass is 35.5. The van der Waals surface area contributed by atoms with E-state index < -0.39 is 0 Å². The molecule has 5 heteroatoms. The molecule has 0 unspecified atom stereocenters. The van der Waals surface area contributed by atoms with Crippen molar-refractivity contribution in [3.8, 4) is 0 Å². The highest BCUT2D eigenvalue weighted by Crippen LogP contribution is 2.33. The number of anilines is 1. The molecule has 2 rings (SSSR count). The average Bonchev–Trinajstić information content (AvgIpc) is 3.21. The lowest BCUT2D eigenvalue weighted by Crippen LogP contribution is -2.26. The van der Waals surface area contributed by atoms with E-state index in [2.05, 4.69) is 11.8 Å². The summed E-state index contributed by atoms with van der Waals surface area (Å²) in [6.45, 7) is 4.18. The summed E-state index contributed by atoms with van der Waals surface area (Å²) < 4.78 is 0. The lowest BCUT2D eigenvalue weighted by Gasteiger charge is -2.24. The van der Waals surface area contributed by atoms with Crippen LogP contribution in [-0.2, 0) is 5.88 Å². The lowest BCUT2D eigenvalue weighted by molar-refractivity contribution is -0.385. The van der Waals surface area contributed by atoms with Crippen molar-refractivity contribution in [2.75, 3.05) is 18.0 Å². The third kappa shape index (κ3) is 3.60. The van der Waals surface area contributed by atoms with Crippen molar-refractivity contribution in [3.63, 3.8) is 0 Å². The topological polar surface area (TPSA) is 46.4 Å². The summed E-state index contributed by atoms with van der Waals surface area (Å²) in [6.07, 6.45) is 3.67. The Labute approximate surface area is 118 Å². The maximum atomic E-state index is 10.9. The number of nitro benzene ring substituents is 1. The lowest BCUT2D eigenvalue weighted by atomic mass is 10.1. The van der Waals surface area contributed by atoms with Gasteiger partial charge in [0.25, 0.3) is 5.69 Å². The molecule has 1 aromatic rings. The smallest absolute Gasteiger partial charge is 0.273 e. The zero-order chi connectivity index (χ0) is 13.8. The van der Waals surface area contributed by atoms with Crippen LogP contribution in [0, 0.1) is 16.0 Å². The first-order valence-corrected chi connectivity index (χ1v) is 7.27. The Morgan fingerprint density at radius 1 is 1.47 bits per heavy atom. The Morgan fingerprint density at radius 2 is 2.21 bits per heavy atom. The molecule has 1 aliphatic carbocycles. The predicted octanol–water partition coefficient (Wildman–Crippen LogP) is 3.96. The van der Waals surface area contributed by atoms with Crippen LogP contribution in [0.4, 0.5) is 11.4 Å². The number of hydrogen-bond donors (Lipinski definition) is 0. The summed E-state index contributed by atoms with van der Waals surface area (Å²) in [6, 6.07) is 5.28. The average molecular weight is 283 g/mol. The summed E-state index contributed by atoms with van der Waals surface area (Å²) in [7, 11) is 0. The molecule has 0 atom stereocenters. The van der Waals surface area contributed by atoms with E-state index >= 15 is 0 Å². The van der Waals surface area contributed by atoms with Crippen LogP contribution in [0.15, 0.2) is 18.2 Å². The maximum Gasteiger partial charge on any atom is 0.273 e. The van der Waals surface area contributed by atoms with Crippen LogP contribution in [-0.4, -0.2) is 18.0 Å². The van der Waals surface area contributed by atoms with Gasteiger partial charge in [0.15, 0.2) is 0 Å². The molecule has 1 aliphatic rings. The Bertz CT molecular complexity index is 461. The van der Waals surface area contributed by atoms with Gasteiger partial charge in [-0.1, -0.05) is 6.92 Å². The van der Waals surface area contributed by atoms with Crippen LogP contribution < -0.4 is 4.90 Å². The Morgan fingerprint density at radius 3 is 2.74 bits per heavy atom. The second-order valence-electron chi connectivity index (χ2n) is 5.09. The van der Waals surface area contributed by atoms with E-state index in [1.165, 1.54) is 12.8 Å². The number of rotatable bonds is 7. The van der Waals surface area contributed by atoms with Gasteiger partial charge >= 0.3 is 0 Å². The predicted molar refractivity (Wildman–Crippen MR) is 77.9 cm³/mol. The summed E-state index contributed by atoms with van der Waals surface area (Å²) in [5, 5.41) is 10.9. The number of nitrogens with zero attached hydrogens (tertiary/aromatic N) is 2. The van der Waals surface area contributed by atoms with E-state index in [9.17, 15) is 10.1 Å². The number of hydrogen-bond acceptors (Lipinski definition) is 3. The molecule has 0 bridgehead atoms. The van der Waals surface area contributed by atoms with Crippen molar-refractivity contribution in [2.24, 2.45) is 5.92 Å². The van der Waals surface area contributed by atoms with Crippen molar-refractivity contribution in [1.29, 1.82) is 0 Å². The Kier molecular flexibility index (Phi) is 4.64. The summed E-state index contributed by atoms with van der Waals surface area (Å²) in [5.74, 6) is 0.967. The first-order chi connectivity index (χ1) is 9.15. The molecule has 0 amide bonds. The fourth-order valence-electron chi connectivity index (χ4n) is 2.26. The molecule has 104 valence electrons. The third-order valence-electron chi connectivity index (χ3n) is 3.44. The van der Waals surface area contributed by atoms with Gasteiger partial charge in [-0.15, -0.1) is 11.6 Å². The number of alkyl halides is 1. The fourth-order valence-corrected chi connectivity index (χ4v) is 2.48. The number of nitro groups is 1. The second-order valence-corrected chi connectivity index (χ2v) is 5.36. The van der Waals surface area contributed by atoms with Crippen LogP contribution >= 0.6 is 11.6 Å². The first-order valence-electron chi connectivity index (χ1n) is 6.74. The zero-order valence-electron chi connectivity index (χ0n) is 11.1. The van der Waals surface area contributed by atoms with Crippen LogP contribution in [0.5, 0.6) is 0 Å². The summed E-state index contributed by atoms with van der Waals surface area (Å²) in [5.41, 5.74) is 1.76. The fraction of sp³-hybridized carbons (Fsp3) is 0.571. The SMILES string of the molecule is CCCN(CC1CC1)c1ccc([N+](=O)[O-])c(CCl)c1. The van der Waals surface area contributed by atoms with Gasteiger partial charge in [-0.05, 0) is 37.3 Å². The van der Waals surface area contributed by atoms with Gasteiger partial charge in [0.1, 0.15) is 0 Å². The number of benzene rings is 1. The minimum Gasteiger partial charge on any atom is -0.371 e. The molecule has 0 saturated heterocycles. The van der Waals surface area contributed by atoms with Crippen molar-refractivity contribution in [2.45, 2.75) is 32.1 Å². The molecular formula is C14H19ClN2O2. The Hall–Kier alpha value is -1.29. The van der Waals surface area contributed by atoms with E-state index in [-0.39, 0.29) is 16.5 Å². The third-order valence-corrected chi connectivity index (χ3v) is 3.73.